The molecular weight excluding hydrogens is 368 g/mol. The van der Waals surface area contributed by atoms with Gasteiger partial charge in [0, 0.05) is 23.9 Å². The summed E-state index contributed by atoms with van der Waals surface area (Å²) in [7, 11) is 1.58. The number of aromatic nitrogens is 2. The fourth-order valence-electron chi connectivity index (χ4n) is 2.82. The summed E-state index contributed by atoms with van der Waals surface area (Å²) in [4.78, 5) is 16.8. The monoisotopic (exact) mass is 386 g/mol. The van der Waals surface area contributed by atoms with Crippen LogP contribution in [0.1, 0.15) is 26.2 Å². The van der Waals surface area contributed by atoms with Crippen LogP contribution in [-0.4, -0.2) is 34.0 Å². The van der Waals surface area contributed by atoms with Crippen molar-refractivity contribution >= 4 is 35.1 Å². The molecule has 3 heterocycles. The highest BCUT2D eigenvalue weighted by Gasteiger charge is 2.21. The molecule has 134 valence electrons. The summed E-state index contributed by atoms with van der Waals surface area (Å²) in [5.74, 6) is 2.77. The van der Waals surface area contributed by atoms with E-state index in [2.05, 4.69) is 4.98 Å². The molecule has 1 aliphatic heterocycles. The molecule has 0 aliphatic carbocycles. The molecule has 0 bridgehead atoms. The first-order valence-corrected chi connectivity index (χ1v) is 10.3. The van der Waals surface area contributed by atoms with E-state index in [1.807, 2.05) is 65.3 Å². The first kappa shape index (κ1) is 17.3. The number of imidazole rings is 1. The molecule has 0 amide bonds. The van der Waals surface area contributed by atoms with Crippen LogP contribution in [-0.2, 0) is 0 Å². The number of carbonyl (C=O) groups excluding carboxylic acids is 1. The van der Waals surface area contributed by atoms with Crippen LogP contribution in [0.5, 0.6) is 11.5 Å². The van der Waals surface area contributed by atoms with E-state index in [9.17, 15) is 4.79 Å². The quantitative estimate of drug-likeness (QED) is 0.491. The van der Waals surface area contributed by atoms with Crippen LogP contribution in [0.3, 0.4) is 0 Å². The van der Waals surface area contributed by atoms with E-state index < -0.39 is 5.97 Å². The lowest BCUT2D eigenvalue weighted by molar-refractivity contribution is 0.0724. The standard InChI is InChI=1S/C19H18N2O3S2/c1-12-3-6-17-20-14(11-21(17)10-12)18(22)24-15-5-4-13(9-16(15)23-2)19-25-7-8-26-19/h3-6,9-11,19H,7-8H2,1-2H3. The average Bonchev–Trinajstić information content (AvgIpc) is 3.31. The summed E-state index contributed by atoms with van der Waals surface area (Å²) in [6.07, 6.45) is 3.60. The number of esters is 1. The summed E-state index contributed by atoms with van der Waals surface area (Å²) in [5, 5.41) is 0. The molecule has 1 fully saturated rings. The van der Waals surface area contributed by atoms with Crippen molar-refractivity contribution < 1.29 is 14.3 Å². The number of rotatable bonds is 4. The first-order chi connectivity index (χ1) is 12.6. The highest BCUT2D eigenvalue weighted by Crippen LogP contribution is 2.46. The number of methoxy groups -OCH3 is 1. The maximum Gasteiger partial charge on any atom is 0.364 e. The second kappa shape index (κ2) is 7.25. The molecule has 4 rings (SSSR count). The highest BCUT2D eigenvalue weighted by atomic mass is 32.2. The summed E-state index contributed by atoms with van der Waals surface area (Å²) >= 11 is 3.84. The van der Waals surface area contributed by atoms with Crippen molar-refractivity contribution in [3.05, 3.63) is 59.5 Å². The van der Waals surface area contributed by atoms with Crippen LogP contribution in [0.25, 0.3) is 5.65 Å². The number of hydrogen-bond acceptors (Lipinski definition) is 6. The minimum absolute atomic E-state index is 0.267. The van der Waals surface area contributed by atoms with Gasteiger partial charge in [0.25, 0.3) is 0 Å². The normalized spacial score (nSPS) is 14.7. The van der Waals surface area contributed by atoms with E-state index in [0.717, 1.165) is 17.1 Å². The Morgan fingerprint density at radius 3 is 2.73 bits per heavy atom. The number of ether oxygens (including phenoxy) is 2. The lowest BCUT2D eigenvalue weighted by Crippen LogP contribution is -2.09. The Morgan fingerprint density at radius 2 is 1.96 bits per heavy atom. The second-order valence-corrected chi connectivity index (χ2v) is 8.70. The van der Waals surface area contributed by atoms with Gasteiger partial charge < -0.3 is 13.9 Å². The van der Waals surface area contributed by atoms with E-state index in [4.69, 9.17) is 9.47 Å². The van der Waals surface area contributed by atoms with Crippen LogP contribution in [0.2, 0.25) is 0 Å². The largest absolute Gasteiger partial charge is 0.493 e. The Kier molecular flexibility index (Phi) is 4.82. The number of nitrogens with zero attached hydrogens (tertiary/aromatic N) is 2. The number of thioether (sulfide) groups is 2. The fraction of sp³-hybridized carbons (Fsp3) is 0.263. The van der Waals surface area contributed by atoms with Gasteiger partial charge in [-0.05, 0) is 36.2 Å². The van der Waals surface area contributed by atoms with Gasteiger partial charge in [0.15, 0.2) is 17.2 Å². The first-order valence-electron chi connectivity index (χ1n) is 8.23. The van der Waals surface area contributed by atoms with Crippen molar-refractivity contribution in [3.63, 3.8) is 0 Å². The van der Waals surface area contributed by atoms with Crippen LogP contribution < -0.4 is 9.47 Å². The molecule has 3 aromatic rings. The number of benzene rings is 1. The molecule has 2 aromatic heterocycles. The van der Waals surface area contributed by atoms with Crippen molar-refractivity contribution in [2.75, 3.05) is 18.6 Å². The minimum Gasteiger partial charge on any atom is -0.493 e. The Morgan fingerprint density at radius 1 is 1.15 bits per heavy atom. The summed E-state index contributed by atoms with van der Waals surface area (Å²) in [6.45, 7) is 1.99. The number of fused-ring (bicyclic) bond motifs is 1. The summed E-state index contributed by atoms with van der Waals surface area (Å²) < 4.78 is 13.2. The number of pyridine rings is 1. The zero-order valence-corrected chi connectivity index (χ0v) is 16.1. The molecule has 0 spiro atoms. The molecule has 5 nitrogen and oxygen atoms in total. The van der Waals surface area contributed by atoms with E-state index >= 15 is 0 Å². The van der Waals surface area contributed by atoms with Crippen LogP contribution in [0, 0.1) is 6.92 Å². The molecule has 0 atom stereocenters. The molecule has 0 N–H and O–H groups in total. The van der Waals surface area contributed by atoms with Crippen molar-refractivity contribution in [2.24, 2.45) is 0 Å². The predicted octanol–water partition coefficient (Wildman–Crippen LogP) is 4.35. The second-order valence-electron chi connectivity index (χ2n) is 5.97. The van der Waals surface area contributed by atoms with Crippen molar-refractivity contribution in [1.82, 2.24) is 9.38 Å². The lowest BCUT2D eigenvalue weighted by Gasteiger charge is -2.13. The predicted molar refractivity (Wildman–Crippen MR) is 106 cm³/mol. The van der Waals surface area contributed by atoms with Crippen molar-refractivity contribution in [2.45, 2.75) is 11.5 Å². The zero-order chi connectivity index (χ0) is 18.1. The van der Waals surface area contributed by atoms with Gasteiger partial charge in [0.05, 0.1) is 11.7 Å². The summed E-state index contributed by atoms with van der Waals surface area (Å²) in [5.41, 5.74) is 3.25. The van der Waals surface area contributed by atoms with E-state index in [0.29, 0.717) is 21.7 Å². The molecule has 0 unspecified atom stereocenters. The van der Waals surface area contributed by atoms with Gasteiger partial charge in [-0.25, -0.2) is 9.78 Å². The Hall–Kier alpha value is -2.12. The van der Waals surface area contributed by atoms with Crippen LogP contribution in [0.4, 0.5) is 0 Å². The Bertz CT molecular complexity index is 965. The minimum atomic E-state index is -0.498. The fourth-order valence-corrected chi connectivity index (χ4v) is 5.66. The van der Waals surface area contributed by atoms with Gasteiger partial charge in [0.2, 0.25) is 0 Å². The SMILES string of the molecule is COc1cc(C2SCCS2)ccc1OC(=O)c1cn2cc(C)ccc2n1. The van der Waals surface area contributed by atoms with Crippen molar-refractivity contribution in [1.29, 1.82) is 0 Å². The molecule has 1 saturated heterocycles. The van der Waals surface area contributed by atoms with Gasteiger partial charge in [-0.15, -0.1) is 23.5 Å². The van der Waals surface area contributed by atoms with Crippen LogP contribution >= 0.6 is 23.5 Å². The maximum atomic E-state index is 12.5. The molecule has 1 aromatic carbocycles. The van der Waals surface area contributed by atoms with Gasteiger partial charge in [-0.2, -0.15) is 0 Å². The third-order valence-electron chi connectivity index (χ3n) is 4.09. The average molecular weight is 386 g/mol. The third kappa shape index (κ3) is 3.41. The molecule has 1 aliphatic rings. The van der Waals surface area contributed by atoms with Gasteiger partial charge in [0.1, 0.15) is 5.65 Å². The number of carbonyl (C=O) groups is 1. The van der Waals surface area contributed by atoms with Gasteiger partial charge >= 0.3 is 5.97 Å². The lowest BCUT2D eigenvalue weighted by atomic mass is 10.2. The molecule has 7 heteroatoms. The van der Waals surface area contributed by atoms with Gasteiger partial charge in [-0.1, -0.05) is 12.1 Å². The van der Waals surface area contributed by atoms with E-state index in [1.165, 1.54) is 5.56 Å². The van der Waals surface area contributed by atoms with E-state index in [1.54, 1.807) is 19.4 Å². The smallest absolute Gasteiger partial charge is 0.364 e. The number of aryl methyl sites for hydroxylation is 1. The Balaban J connectivity index is 1.57. The molecular formula is C19H18N2O3S2. The van der Waals surface area contributed by atoms with E-state index in [-0.39, 0.29) is 5.69 Å². The van der Waals surface area contributed by atoms with Crippen molar-refractivity contribution in [3.8, 4) is 11.5 Å². The maximum absolute atomic E-state index is 12.5. The zero-order valence-electron chi connectivity index (χ0n) is 14.5. The van der Waals surface area contributed by atoms with Crippen LogP contribution in [0.15, 0.2) is 42.7 Å². The third-order valence-corrected chi connectivity index (χ3v) is 7.20. The molecule has 26 heavy (non-hydrogen) atoms. The summed E-state index contributed by atoms with van der Waals surface area (Å²) in [6, 6.07) is 9.57. The highest BCUT2D eigenvalue weighted by molar-refractivity contribution is 8.19. The Labute approximate surface area is 160 Å². The van der Waals surface area contributed by atoms with Gasteiger partial charge in [-0.3, -0.25) is 0 Å². The molecule has 0 radical (unpaired) electrons. The topological polar surface area (TPSA) is 52.8 Å². The molecule has 0 saturated carbocycles. The number of hydrogen-bond donors (Lipinski definition) is 0.